The Kier molecular flexibility index (Phi) is 5.85. The lowest BCUT2D eigenvalue weighted by atomic mass is 10.1. The zero-order valence-corrected chi connectivity index (χ0v) is 15.9. The van der Waals surface area contributed by atoms with Crippen molar-refractivity contribution in [2.45, 2.75) is 32.6 Å². The van der Waals surface area contributed by atoms with E-state index >= 15 is 0 Å². The highest BCUT2D eigenvalue weighted by Gasteiger charge is 2.20. The van der Waals surface area contributed by atoms with Gasteiger partial charge in [0.15, 0.2) is 0 Å². The minimum Gasteiger partial charge on any atom is -0.339 e. The fraction of sp³-hybridized carbons (Fsp3) is 0.316. The Bertz CT molecular complexity index is 872. The van der Waals surface area contributed by atoms with Gasteiger partial charge >= 0.3 is 0 Å². The molecule has 0 saturated heterocycles. The summed E-state index contributed by atoms with van der Waals surface area (Å²) >= 11 is 0. The molecule has 0 unspecified atom stereocenters. The van der Waals surface area contributed by atoms with Crippen LogP contribution in [0.3, 0.4) is 0 Å². The molecule has 2 aromatic rings. The van der Waals surface area contributed by atoms with Crippen LogP contribution in [-0.4, -0.2) is 32.3 Å². The molecule has 0 aliphatic carbocycles. The van der Waals surface area contributed by atoms with Crippen molar-refractivity contribution in [3.8, 4) is 0 Å². The SMILES string of the molecule is CCN(CC)C(=O)c1cc(S(=O)(=O)Nc2cccc(C)c2)ccc1C. The van der Waals surface area contributed by atoms with E-state index in [1.807, 2.05) is 26.8 Å². The van der Waals surface area contributed by atoms with Gasteiger partial charge in [0, 0.05) is 24.3 Å². The average molecular weight is 360 g/mol. The van der Waals surface area contributed by atoms with E-state index in [1.54, 1.807) is 36.1 Å². The number of aryl methyl sites for hydroxylation is 2. The van der Waals surface area contributed by atoms with E-state index < -0.39 is 10.0 Å². The monoisotopic (exact) mass is 360 g/mol. The van der Waals surface area contributed by atoms with Crippen LogP contribution in [0, 0.1) is 13.8 Å². The van der Waals surface area contributed by atoms with Crippen molar-refractivity contribution in [1.82, 2.24) is 4.90 Å². The molecule has 0 atom stereocenters. The maximum absolute atomic E-state index is 12.7. The largest absolute Gasteiger partial charge is 0.339 e. The predicted molar refractivity (Wildman–Crippen MR) is 100 cm³/mol. The summed E-state index contributed by atoms with van der Waals surface area (Å²) in [5, 5.41) is 0. The number of rotatable bonds is 6. The molecule has 2 aromatic carbocycles. The topological polar surface area (TPSA) is 66.5 Å². The lowest BCUT2D eigenvalue weighted by molar-refractivity contribution is 0.0772. The zero-order chi connectivity index (χ0) is 18.6. The summed E-state index contributed by atoms with van der Waals surface area (Å²) in [4.78, 5) is 14.4. The van der Waals surface area contributed by atoms with Crippen LogP contribution in [-0.2, 0) is 10.0 Å². The fourth-order valence-electron chi connectivity index (χ4n) is 2.60. The van der Waals surface area contributed by atoms with Gasteiger partial charge in [-0.15, -0.1) is 0 Å². The van der Waals surface area contributed by atoms with Gasteiger partial charge in [-0.3, -0.25) is 9.52 Å². The number of sulfonamides is 1. The second kappa shape index (κ2) is 7.70. The molecular formula is C19H24N2O3S. The van der Waals surface area contributed by atoms with Gasteiger partial charge < -0.3 is 4.90 Å². The van der Waals surface area contributed by atoms with Crippen molar-refractivity contribution >= 4 is 21.6 Å². The molecule has 0 radical (unpaired) electrons. The van der Waals surface area contributed by atoms with Crippen molar-refractivity contribution in [1.29, 1.82) is 0 Å². The molecule has 0 bridgehead atoms. The van der Waals surface area contributed by atoms with Crippen molar-refractivity contribution in [3.05, 3.63) is 59.2 Å². The van der Waals surface area contributed by atoms with Crippen LogP contribution in [0.2, 0.25) is 0 Å². The molecule has 2 rings (SSSR count). The third kappa shape index (κ3) is 4.39. The second-order valence-corrected chi connectivity index (χ2v) is 7.61. The summed E-state index contributed by atoms with van der Waals surface area (Å²) in [7, 11) is -3.76. The van der Waals surface area contributed by atoms with Crippen molar-refractivity contribution in [3.63, 3.8) is 0 Å². The normalized spacial score (nSPS) is 11.2. The summed E-state index contributed by atoms with van der Waals surface area (Å²) in [6, 6.07) is 11.8. The molecule has 1 amide bonds. The van der Waals surface area contributed by atoms with E-state index in [4.69, 9.17) is 0 Å². The number of carbonyl (C=O) groups is 1. The molecule has 0 heterocycles. The van der Waals surface area contributed by atoms with Gasteiger partial charge in [0.05, 0.1) is 4.90 Å². The van der Waals surface area contributed by atoms with Crippen molar-refractivity contribution in [2.24, 2.45) is 0 Å². The first-order valence-electron chi connectivity index (χ1n) is 8.28. The molecular weight excluding hydrogens is 336 g/mol. The van der Waals surface area contributed by atoms with E-state index in [9.17, 15) is 13.2 Å². The smallest absolute Gasteiger partial charge is 0.261 e. The van der Waals surface area contributed by atoms with Crippen LogP contribution in [0.15, 0.2) is 47.4 Å². The Morgan fingerprint density at radius 2 is 1.72 bits per heavy atom. The van der Waals surface area contributed by atoms with Crippen LogP contribution in [0.1, 0.15) is 35.3 Å². The van der Waals surface area contributed by atoms with Crippen LogP contribution < -0.4 is 4.72 Å². The Hall–Kier alpha value is -2.34. The maximum Gasteiger partial charge on any atom is 0.261 e. The molecule has 5 nitrogen and oxygen atoms in total. The van der Waals surface area contributed by atoms with Gasteiger partial charge in [0.2, 0.25) is 0 Å². The first-order chi connectivity index (χ1) is 11.8. The minimum atomic E-state index is -3.76. The number of benzene rings is 2. The van der Waals surface area contributed by atoms with Gasteiger partial charge in [0.25, 0.3) is 15.9 Å². The van der Waals surface area contributed by atoms with E-state index in [2.05, 4.69) is 4.72 Å². The van der Waals surface area contributed by atoms with Gasteiger partial charge in [-0.2, -0.15) is 0 Å². The van der Waals surface area contributed by atoms with E-state index in [1.165, 1.54) is 12.1 Å². The molecule has 0 fully saturated rings. The Labute approximate surface area is 149 Å². The van der Waals surface area contributed by atoms with Crippen molar-refractivity contribution < 1.29 is 13.2 Å². The highest BCUT2D eigenvalue weighted by Crippen LogP contribution is 2.21. The number of anilines is 1. The summed E-state index contributed by atoms with van der Waals surface area (Å²) < 4.78 is 27.9. The molecule has 134 valence electrons. The molecule has 6 heteroatoms. The van der Waals surface area contributed by atoms with E-state index in [0.29, 0.717) is 24.3 Å². The molecule has 25 heavy (non-hydrogen) atoms. The highest BCUT2D eigenvalue weighted by molar-refractivity contribution is 7.92. The summed E-state index contributed by atoms with van der Waals surface area (Å²) in [5.74, 6) is -0.157. The van der Waals surface area contributed by atoms with Crippen LogP contribution in [0.4, 0.5) is 5.69 Å². The van der Waals surface area contributed by atoms with Crippen LogP contribution in [0.5, 0.6) is 0 Å². The molecule has 0 saturated carbocycles. The van der Waals surface area contributed by atoms with Crippen LogP contribution >= 0.6 is 0 Å². The summed E-state index contributed by atoms with van der Waals surface area (Å²) in [5.41, 5.74) is 2.63. The maximum atomic E-state index is 12.7. The quantitative estimate of drug-likeness (QED) is 0.856. The molecule has 0 spiro atoms. The van der Waals surface area contributed by atoms with Crippen LogP contribution in [0.25, 0.3) is 0 Å². The minimum absolute atomic E-state index is 0.0788. The third-order valence-corrected chi connectivity index (χ3v) is 5.45. The number of nitrogens with zero attached hydrogens (tertiary/aromatic N) is 1. The number of carbonyl (C=O) groups excluding carboxylic acids is 1. The predicted octanol–water partition coefficient (Wildman–Crippen LogP) is 3.59. The Morgan fingerprint density at radius 1 is 1.04 bits per heavy atom. The first-order valence-corrected chi connectivity index (χ1v) is 9.76. The first kappa shape index (κ1) is 19.0. The average Bonchev–Trinajstić information content (AvgIpc) is 2.55. The molecule has 0 aromatic heterocycles. The van der Waals surface area contributed by atoms with E-state index in [0.717, 1.165) is 11.1 Å². The number of amides is 1. The highest BCUT2D eigenvalue weighted by atomic mass is 32.2. The Morgan fingerprint density at radius 3 is 2.32 bits per heavy atom. The zero-order valence-electron chi connectivity index (χ0n) is 15.0. The lowest BCUT2D eigenvalue weighted by Gasteiger charge is -2.20. The van der Waals surface area contributed by atoms with Crippen molar-refractivity contribution in [2.75, 3.05) is 17.8 Å². The molecule has 0 aliphatic heterocycles. The molecule has 0 aliphatic rings. The third-order valence-electron chi connectivity index (χ3n) is 4.07. The van der Waals surface area contributed by atoms with Gasteiger partial charge in [-0.05, 0) is 63.1 Å². The molecule has 1 N–H and O–H groups in total. The number of hydrogen-bond donors (Lipinski definition) is 1. The fourth-order valence-corrected chi connectivity index (χ4v) is 3.68. The van der Waals surface area contributed by atoms with Gasteiger partial charge in [-0.1, -0.05) is 18.2 Å². The van der Waals surface area contributed by atoms with Gasteiger partial charge in [0.1, 0.15) is 0 Å². The Balaban J connectivity index is 2.39. The summed E-state index contributed by atoms with van der Waals surface area (Å²) in [6.07, 6.45) is 0. The van der Waals surface area contributed by atoms with E-state index in [-0.39, 0.29) is 10.8 Å². The lowest BCUT2D eigenvalue weighted by Crippen LogP contribution is -2.31. The second-order valence-electron chi connectivity index (χ2n) is 5.93. The number of nitrogens with one attached hydrogen (secondary N) is 1. The summed E-state index contributed by atoms with van der Waals surface area (Å²) in [6.45, 7) is 8.65. The standard InChI is InChI=1S/C19H24N2O3S/c1-5-21(6-2)19(22)18-13-17(11-10-15(18)4)25(23,24)20-16-9-7-8-14(3)12-16/h7-13,20H,5-6H2,1-4H3. The van der Waals surface area contributed by atoms with Gasteiger partial charge in [-0.25, -0.2) is 8.42 Å². The number of hydrogen-bond acceptors (Lipinski definition) is 3.